The fraction of sp³-hybridized carbons (Fsp3) is 0.227. The van der Waals surface area contributed by atoms with Gasteiger partial charge in [0.25, 0.3) is 0 Å². The molecule has 1 N–H and O–H groups in total. The summed E-state index contributed by atoms with van der Waals surface area (Å²) >= 11 is 1.63. The third kappa shape index (κ3) is 5.57. The molecule has 0 aliphatic heterocycles. The lowest BCUT2D eigenvalue weighted by atomic mass is 10.1. The van der Waals surface area contributed by atoms with Crippen molar-refractivity contribution in [3.05, 3.63) is 75.9 Å². The summed E-state index contributed by atoms with van der Waals surface area (Å²) in [4.78, 5) is 28.4. The highest BCUT2D eigenvalue weighted by Crippen LogP contribution is 2.21. The maximum Gasteiger partial charge on any atom is 0.220 e. The number of amides is 1. The number of benzene rings is 2. The topological polar surface area (TPSA) is 59.1 Å². The summed E-state index contributed by atoms with van der Waals surface area (Å²) in [5, 5.41) is 5.92. The van der Waals surface area contributed by atoms with Crippen LogP contribution >= 0.6 is 11.3 Å². The Morgan fingerprint density at radius 1 is 1.04 bits per heavy atom. The predicted molar refractivity (Wildman–Crippen MR) is 109 cm³/mol. The number of halogens is 1. The number of nitrogens with one attached hydrogen (secondary N) is 1. The summed E-state index contributed by atoms with van der Waals surface area (Å²) in [5.74, 6) is -0.711. The number of ketones is 1. The SMILES string of the molecule is Cc1nc(-c2ccc(CCNC(=O)CCC(=O)c3ccc(F)cc3)cc2)cs1. The molecule has 0 saturated carbocycles. The van der Waals surface area contributed by atoms with Gasteiger partial charge < -0.3 is 5.32 Å². The molecule has 0 fully saturated rings. The molecule has 1 amide bonds. The fourth-order valence-electron chi connectivity index (χ4n) is 2.78. The molecule has 4 nitrogen and oxygen atoms in total. The van der Waals surface area contributed by atoms with Crippen molar-refractivity contribution in [2.75, 3.05) is 6.54 Å². The van der Waals surface area contributed by atoms with E-state index in [2.05, 4.69) is 10.3 Å². The van der Waals surface area contributed by atoms with E-state index in [-0.39, 0.29) is 30.3 Å². The first kappa shape index (κ1) is 19.9. The smallest absolute Gasteiger partial charge is 0.220 e. The lowest BCUT2D eigenvalue weighted by Crippen LogP contribution is -2.26. The van der Waals surface area contributed by atoms with Crippen molar-refractivity contribution in [3.63, 3.8) is 0 Å². The Balaban J connectivity index is 1.40. The van der Waals surface area contributed by atoms with Crippen LogP contribution in [0.15, 0.2) is 53.9 Å². The standard InChI is InChI=1S/C22H21FN2O2S/c1-15-25-20(14-28-15)17-4-2-16(3-5-17)12-13-24-22(27)11-10-21(26)18-6-8-19(23)9-7-18/h2-9,14H,10-13H2,1H3,(H,24,27). The number of aromatic nitrogens is 1. The lowest BCUT2D eigenvalue weighted by molar-refractivity contribution is -0.121. The van der Waals surface area contributed by atoms with E-state index in [1.54, 1.807) is 11.3 Å². The summed E-state index contributed by atoms with van der Waals surface area (Å²) in [7, 11) is 0. The van der Waals surface area contributed by atoms with Gasteiger partial charge in [0.15, 0.2) is 5.78 Å². The zero-order chi connectivity index (χ0) is 19.9. The number of hydrogen-bond acceptors (Lipinski definition) is 4. The summed E-state index contributed by atoms with van der Waals surface area (Å²) < 4.78 is 12.9. The zero-order valence-electron chi connectivity index (χ0n) is 15.6. The third-order valence-corrected chi connectivity index (χ3v) is 5.12. The van der Waals surface area contributed by atoms with Gasteiger partial charge in [-0.15, -0.1) is 11.3 Å². The molecule has 2 aromatic carbocycles. The van der Waals surface area contributed by atoms with E-state index >= 15 is 0 Å². The Labute approximate surface area is 167 Å². The van der Waals surface area contributed by atoms with Crippen molar-refractivity contribution in [2.45, 2.75) is 26.2 Å². The van der Waals surface area contributed by atoms with Crippen LogP contribution in [-0.2, 0) is 11.2 Å². The van der Waals surface area contributed by atoms with E-state index < -0.39 is 0 Å². The van der Waals surface area contributed by atoms with Crippen LogP contribution in [0, 0.1) is 12.7 Å². The van der Waals surface area contributed by atoms with Gasteiger partial charge in [-0.3, -0.25) is 9.59 Å². The number of Topliss-reactive ketones (excluding diaryl/α,β-unsaturated/α-hetero) is 1. The van der Waals surface area contributed by atoms with Crippen LogP contribution in [0.25, 0.3) is 11.3 Å². The molecule has 28 heavy (non-hydrogen) atoms. The molecule has 0 aliphatic carbocycles. The fourth-order valence-corrected chi connectivity index (χ4v) is 3.40. The number of aryl methyl sites for hydroxylation is 1. The maximum atomic E-state index is 12.9. The number of rotatable bonds is 8. The van der Waals surface area contributed by atoms with Gasteiger partial charge in [0, 0.05) is 35.9 Å². The largest absolute Gasteiger partial charge is 0.356 e. The van der Waals surface area contributed by atoms with Gasteiger partial charge in [0.1, 0.15) is 5.82 Å². The molecule has 0 aliphatic rings. The van der Waals surface area contributed by atoms with Crippen LogP contribution in [0.4, 0.5) is 4.39 Å². The molecule has 6 heteroatoms. The van der Waals surface area contributed by atoms with Crippen molar-refractivity contribution < 1.29 is 14.0 Å². The van der Waals surface area contributed by atoms with Crippen molar-refractivity contribution in [2.24, 2.45) is 0 Å². The van der Waals surface area contributed by atoms with Gasteiger partial charge in [-0.05, 0) is 43.2 Å². The number of nitrogens with zero attached hydrogens (tertiary/aromatic N) is 1. The van der Waals surface area contributed by atoms with Crippen LogP contribution in [0.2, 0.25) is 0 Å². The summed E-state index contributed by atoms with van der Waals surface area (Å²) in [5.41, 5.74) is 3.60. The van der Waals surface area contributed by atoms with E-state index in [1.807, 2.05) is 36.6 Å². The quantitative estimate of drug-likeness (QED) is 0.567. The van der Waals surface area contributed by atoms with Gasteiger partial charge in [0.2, 0.25) is 5.91 Å². The molecular weight excluding hydrogens is 375 g/mol. The number of hydrogen-bond donors (Lipinski definition) is 1. The van der Waals surface area contributed by atoms with Crippen molar-refractivity contribution in [1.29, 1.82) is 0 Å². The molecule has 0 atom stereocenters. The minimum Gasteiger partial charge on any atom is -0.356 e. The first-order valence-corrected chi connectivity index (χ1v) is 9.96. The average Bonchev–Trinajstić information content (AvgIpc) is 3.13. The van der Waals surface area contributed by atoms with Crippen LogP contribution in [0.5, 0.6) is 0 Å². The second-order valence-corrected chi connectivity index (χ2v) is 7.54. The molecular formula is C22H21FN2O2S. The van der Waals surface area contributed by atoms with Crippen molar-refractivity contribution >= 4 is 23.0 Å². The molecule has 3 aromatic rings. The average molecular weight is 396 g/mol. The highest BCUT2D eigenvalue weighted by Gasteiger charge is 2.09. The second kappa shape index (κ2) is 9.37. The second-order valence-electron chi connectivity index (χ2n) is 6.48. The van der Waals surface area contributed by atoms with E-state index in [9.17, 15) is 14.0 Å². The number of carbonyl (C=O) groups excluding carboxylic acids is 2. The molecule has 1 aromatic heterocycles. The molecule has 0 unspecified atom stereocenters. The molecule has 0 radical (unpaired) electrons. The minimum absolute atomic E-state index is 0.110. The molecule has 144 valence electrons. The monoisotopic (exact) mass is 396 g/mol. The van der Waals surface area contributed by atoms with Gasteiger partial charge in [-0.1, -0.05) is 24.3 Å². The molecule has 3 rings (SSSR count). The highest BCUT2D eigenvalue weighted by molar-refractivity contribution is 7.09. The Bertz CT molecular complexity index is 949. The van der Waals surface area contributed by atoms with Gasteiger partial charge >= 0.3 is 0 Å². The van der Waals surface area contributed by atoms with Crippen LogP contribution < -0.4 is 5.32 Å². The summed E-state index contributed by atoms with van der Waals surface area (Å²) in [6.07, 6.45) is 0.950. The van der Waals surface area contributed by atoms with Crippen LogP contribution in [0.3, 0.4) is 0 Å². The van der Waals surface area contributed by atoms with Crippen LogP contribution in [-0.4, -0.2) is 23.2 Å². The third-order valence-electron chi connectivity index (χ3n) is 4.35. The highest BCUT2D eigenvalue weighted by atomic mass is 32.1. The maximum absolute atomic E-state index is 12.9. The summed E-state index contributed by atoms with van der Waals surface area (Å²) in [6.45, 7) is 2.50. The Kier molecular flexibility index (Phi) is 6.66. The first-order valence-electron chi connectivity index (χ1n) is 9.08. The Morgan fingerprint density at radius 3 is 2.39 bits per heavy atom. The van der Waals surface area contributed by atoms with Gasteiger partial charge in [-0.25, -0.2) is 9.37 Å². The van der Waals surface area contributed by atoms with Gasteiger partial charge in [-0.2, -0.15) is 0 Å². The van der Waals surface area contributed by atoms with Crippen LogP contribution in [0.1, 0.15) is 33.8 Å². The van der Waals surface area contributed by atoms with E-state index in [0.717, 1.165) is 21.8 Å². The molecule has 0 saturated heterocycles. The lowest BCUT2D eigenvalue weighted by Gasteiger charge is -2.06. The summed E-state index contributed by atoms with van der Waals surface area (Å²) in [6, 6.07) is 13.5. The Hall–Kier alpha value is -2.86. The first-order chi connectivity index (χ1) is 13.5. The molecule has 0 spiro atoms. The van der Waals surface area contributed by atoms with E-state index in [1.165, 1.54) is 24.3 Å². The van der Waals surface area contributed by atoms with E-state index in [0.29, 0.717) is 18.5 Å². The minimum atomic E-state index is -0.385. The molecule has 0 bridgehead atoms. The molecule has 1 heterocycles. The zero-order valence-corrected chi connectivity index (χ0v) is 16.4. The van der Waals surface area contributed by atoms with Crippen molar-refractivity contribution in [1.82, 2.24) is 10.3 Å². The number of thiazole rings is 1. The Morgan fingerprint density at radius 2 is 1.75 bits per heavy atom. The normalized spacial score (nSPS) is 10.6. The van der Waals surface area contributed by atoms with Gasteiger partial charge in [0.05, 0.1) is 10.7 Å². The van der Waals surface area contributed by atoms with Crippen molar-refractivity contribution in [3.8, 4) is 11.3 Å². The predicted octanol–water partition coefficient (Wildman–Crippen LogP) is 4.58. The number of carbonyl (C=O) groups is 2. The van der Waals surface area contributed by atoms with E-state index in [4.69, 9.17) is 0 Å².